The molecule has 4 rings (SSSR count). The SMILES string of the molecule is CC1=C(C)C(=C(c2ccccc2C)c2ccccc2C)[C]=C1C1=CC=CC1. The van der Waals surface area contributed by atoms with E-state index in [2.05, 4.69) is 101 Å². The van der Waals surface area contributed by atoms with Gasteiger partial charge < -0.3 is 0 Å². The fraction of sp³-hybridized carbons (Fsp3) is 0.185. The summed E-state index contributed by atoms with van der Waals surface area (Å²) in [6.45, 7) is 8.87. The summed E-state index contributed by atoms with van der Waals surface area (Å²) in [4.78, 5) is 0. The van der Waals surface area contributed by atoms with Crippen LogP contribution in [0, 0.1) is 19.9 Å². The highest BCUT2D eigenvalue weighted by molar-refractivity contribution is 5.90. The van der Waals surface area contributed by atoms with Crippen LogP contribution < -0.4 is 0 Å². The van der Waals surface area contributed by atoms with Crippen LogP contribution in [0.15, 0.2) is 94.6 Å². The van der Waals surface area contributed by atoms with E-state index in [-0.39, 0.29) is 0 Å². The zero-order valence-electron chi connectivity index (χ0n) is 16.6. The Labute approximate surface area is 163 Å². The van der Waals surface area contributed by atoms with E-state index in [0.717, 1.165) is 6.42 Å². The van der Waals surface area contributed by atoms with Gasteiger partial charge in [-0.05, 0) is 95.9 Å². The van der Waals surface area contributed by atoms with Crippen LogP contribution >= 0.6 is 0 Å². The highest BCUT2D eigenvalue weighted by Gasteiger charge is 2.24. The van der Waals surface area contributed by atoms with Crippen molar-refractivity contribution in [1.29, 1.82) is 0 Å². The Kier molecular flexibility index (Phi) is 4.58. The average molecular weight is 349 g/mol. The molecular weight excluding hydrogens is 324 g/mol. The van der Waals surface area contributed by atoms with E-state index in [4.69, 9.17) is 0 Å². The van der Waals surface area contributed by atoms with Gasteiger partial charge in [0.1, 0.15) is 0 Å². The van der Waals surface area contributed by atoms with Crippen LogP contribution in [0.5, 0.6) is 0 Å². The van der Waals surface area contributed by atoms with Crippen LogP contribution in [0.25, 0.3) is 5.57 Å². The van der Waals surface area contributed by atoms with Crippen molar-refractivity contribution in [3.8, 4) is 0 Å². The smallest absolute Gasteiger partial charge is 0.00114 e. The van der Waals surface area contributed by atoms with Crippen molar-refractivity contribution in [2.45, 2.75) is 34.1 Å². The summed E-state index contributed by atoms with van der Waals surface area (Å²) in [7, 11) is 0. The van der Waals surface area contributed by atoms with Crippen LogP contribution in [0.1, 0.15) is 42.5 Å². The van der Waals surface area contributed by atoms with Crippen molar-refractivity contribution in [1.82, 2.24) is 0 Å². The van der Waals surface area contributed by atoms with Crippen LogP contribution in [0.3, 0.4) is 0 Å². The summed E-state index contributed by atoms with van der Waals surface area (Å²) in [5.74, 6) is 0. The molecular formula is C27H25. The fourth-order valence-electron chi connectivity index (χ4n) is 4.01. The van der Waals surface area contributed by atoms with Gasteiger partial charge in [0.25, 0.3) is 0 Å². The Bertz CT molecular complexity index is 1020. The second-order valence-electron chi connectivity index (χ2n) is 7.45. The van der Waals surface area contributed by atoms with Crippen molar-refractivity contribution in [3.63, 3.8) is 0 Å². The summed E-state index contributed by atoms with van der Waals surface area (Å²) in [6, 6.07) is 17.4. The van der Waals surface area contributed by atoms with Gasteiger partial charge in [-0.2, -0.15) is 0 Å². The maximum atomic E-state index is 3.80. The molecule has 0 amide bonds. The molecule has 0 heterocycles. The Morgan fingerprint density at radius 3 is 1.89 bits per heavy atom. The van der Waals surface area contributed by atoms with E-state index in [1.165, 1.54) is 55.7 Å². The van der Waals surface area contributed by atoms with Gasteiger partial charge in [0.2, 0.25) is 0 Å². The molecule has 0 spiro atoms. The number of hydrogen-bond donors (Lipinski definition) is 0. The van der Waals surface area contributed by atoms with Crippen molar-refractivity contribution in [2.75, 3.05) is 0 Å². The highest BCUT2D eigenvalue weighted by Crippen LogP contribution is 2.42. The first-order chi connectivity index (χ1) is 13.1. The minimum atomic E-state index is 1.00. The first kappa shape index (κ1) is 17.5. The molecule has 0 unspecified atom stereocenters. The fourth-order valence-corrected chi connectivity index (χ4v) is 4.01. The predicted molar refractivity (Wildman–Crippen MR) is 115 cm³/mol. The number of hydrogen-bond acceptors (Lipinski definition) is 0. The van der Waals surface area contributed by atoms with Gasteiger partial charge in [-0.15, -0.1) is 0 Å². The van der Waals surface area contributed by atoms with E-state index in [0.29, 0.717) is 0 Å². The molecule has 27 heavy (non-hydrogen) atoms. The van der Waals surface area contributed by atoms with E-state index in [1.54, 1.807) is 0 Å². The molecule has 2 aliphatic carbocycles. The van der Waals surface area contributed by atoms with E-state index >= 15 is 0 Å². The van der Waals surface area contributed by atoms with Crippen LogP contribution in [-0.4, -0.2) is 0 Å². The third-order valence-corrected chi connectivity index (χ3v) is 5.73. The molecule has 2 aliphatic rings. The molecule has 0 saturated carbocycles. The lowest BCUT2D eigenvalue weighted by atomic mass is 9.86. The van der Waals surface area contributed by atoms with Crippen molar-refractivity contribution >= 4 is 5.57 Å². The number of benzene rings is 2. The van der Waals surface area contributed by atoms with Crippen LogP contribution in [0.2, 0.25) is 0 Å². The molecule has 133 valence electrons. The van der Waals surface area contributed by atoms with Crippen molar-refractivity contribution < 1.29 is 0 Å². The summed E-state index contributed by atoms with van der Waals surface area (Å²) >= 11 is 0. The Morgan fingerprint density at radius 2 is 1.37 bits per heavy atom. The molecule has 0 saturated heterocycles. The van der Waals surface area contributed by atoms with E-state index in [1.807, 2.05) is 0 Å². The zero-order chi connectivity index (χ0) is 19.0. The second-order valence-corrected chi connectivity index (χ2v) is 7.45. The minimum Gasteiger partial charge on any atom is -0.0801 e. The van der Waals surface area contributed by atoms with Gasteiger partial charge in [-0.3, -0.25) is 0 Å². The first-order valence-electron chi connectivity index (χ1n) is 9.62. The summed E-state index contributed by atoms with van der Waals surface area (Å²) < 4.78 is 0. The molecule has 0 aliphatic heterocycles. The Balaban J connectivity index is 2.02. The topological polar surface area (TPSA) is 0 Å². The van der Waals surface area contributed by atoms with Gasteiger partial charge >= 0.3 is 0 Å². The molecule has 1 radical (unpaired) electrons. The van der Waals surface area contributed by atoms with Crippen LogP contribution in [0.4, 0.5) is 0 Å². The Hall–Kier alpha value is -2.86. The molecule has 2 aromatic rings. The first-order valence-corrected chi connectivity index (χ1v) is 9.62. The largest absolute Gasteiger partial charge is 0.0801 e. The lowest BCUT2D eigenvalue weighted by Gasteiger charge is -2.17. The van der Waals surface area contributed by atoms with Crippen LogP contribution in [-0.2, 0) is 0 Å². The van der Waals surface area contributed by atoms with Gasteiger partial charge in [-0.1, -0.05) is 66.8 Å². The van der Waals surface area contributed by atoms with Gasteiger partial charge in [0.15, 0.2) is 0 Å². The zero-order valence-corrected chi connectivity index (χ0v) is 16.6. The number of aryl methyl sites for hydroxylation is 2. The molecule has 0 atom stereocenters. The third kappa shape index (κ3) is 3.06. The minimum absolute atomic E-state index is 1.00. The lowest BCUT2D eigenvalue weighted by Crippen LogP contribution is -1.98. The molecule has 2 aromatic carbocycles. The molecule has 0 nitrogen and oxygen atoms in total. The summed E-state index contributed by atoms with van der Waals surface area (Å²) in [6.07, 6.45) is 11.4. The standard InChI is InChI=1S/C27H25/c1-18-11-5-9-15-23(18)27(24-16-10-6-12-19(24)2)26-17-25(20(3)21(26)4)22-13-7-8-14-22/h5-13,15-16H,14H2,1-4H3. The number of rotatable bonds is 3. The maximum absolute atomic E-state index is 3.80. The Morgan fingerprint density at radius 1 is 0.778 bits per heavy atom. The summed E-state index contributed by atoms with van der Waals surface area (Å²) in [5.41, 5.74) is 13.0. The highest BCUT2D eigenvalue weighted by atomic mass is 14.3. The quantitative estimate of drug-likeness (QED) is 0.556. The average Bonchev–Trinajstić information content (AvgIpc) is 3.29. The monoisotopic (exact) mass is 349 g/mol. The normalized spacial score (nSPS) is 16.1. The lowest BCUT2D eigenvalue weighted by molar-refractivity contribution is 1.23. The molecule has 0 bridgehead atoms. The predicted octanol–water partition coefficient (Wildman–Crippen LogP) is 7.07. The number of allylic oxidation sites excluding steroid dienone is 9. The van der Waals surface area contributed by atoms with E-state index < -0.39 is 0 Å². The summed E-state index contributed by atoms with van der Waals surface area (Å²) in [5, 5.41) is 0. The van der Waals surface area contributed by atoms with Crippen molar-refractivity contribution in [2.24, 2.45) is 0 Å². The third-order valence-electron chi connectivity index (χ3n) is 5.73. The van der Waals surface area contributed by atoms with Crippen molar-refractivity contribution in [3.05, 3.63) is 123 Å². The molecule has 0 fully saturated rings. The van der Waals surface area contributed by atoms with Gasteiger partial charge in [0, 0.05) is 0 Å². The molecule has 0 heteroatoms. The maximum Gasteiger partial charge on any atom is -0.00114 e. The molecule has 0 aromatic heterocycles. The molecule has 0 N–H and O–H groups in total. The second kappa shape index (κ2) is 7.04. The van der Waals surface area contributed by atoms with E-state index in [9.17, 15) is 0 Å². The van der Waals surface area contributed by atoms with Gasteiger partial charge in [0.05, 0.1) is 0 Å². The van der Waals surface area contributed by atoms with Gasteiger partial charge in [-0.25, -0.2) is 0 Å².